The van der Waals surface area contributed by atoms with Crippen molar-refractivity contribution in [3.05, 3.63) is 18.3 Å². The van der Waals surface area contributed by atoms with Crippen LogP contribution in [0, 0.1) is 37.6 Å². The summed E-state index contributed by atoms with van der Waals surface area (Å²) < 4.78 is 3.83. The van der Waals surface area contributed by atoms with Crippen LogP contribution in [-0.2, 0) is 0 Å². The Bertz CT molecular complexity index is 130. The zero-order valence-electron chi connectivity index (χ0n) is 4.99. The Morgan fingerprint density at radius 2 is 2.11 bits per heavy atom. The second-order valence-corrected chi connectivity index (χ2v) is 4.60. The number of halogens is 2. The van der Waals surface area contributed by atoms with Gasteiger partial charge in [-0.1, -0.05) is 0 Å². The molecule has 0 fully saturated rings. The third kappa shape index (κ3) is 4.62. The van der Waals surface area contributed by atoms with Crippen LogP contribution in [0.1, 0.15) is 0 Å². The van der Waals surface area contributed by atoms with Crippen molar-refractivity contribution in [2.75, 3.05) is 0 Å². The molecule has 0 saturated heterocycles. The third-order valence-corrected chi connectivity index (χ3v) is 3.54. The molecule has 1 nitrogen and oxygen atoms in total. The molecule has 0 aliphatic heterocycles. The molecule has 4 heteroatoms. The molecule has 0 aliphatic rings. The molecule has 0 aliphatic carbocycles. The summed E-state index contributed by atoms with van der Waals surface area (Å²) in [6.45, 7) is 0. The van der Waals surface area contributed by atoms with Crippen LogP contribution in [0.2, 0.25) is 2.44 Å². The Morgan fingerprint density at radius 1 is 1.44 bits per heavy atom. The van der Waals surface area contributed by atoms with Gasteiger partial charge in [-0.3, -0.25) is 0 Å². The van der Waals surface area contributed by atoms with Crippen molar-refractivity contribution >= 4 is 1.21 Å². The fourth-order valence-corrected chi connectivity index (χ4v) is 2.03. The second kappa shape index (κ2) is 7.34. The molecule has 0 radical (unpaired) electrons. The van der Waals surface area contributed by atoms with Crippen LogP contribution in [0.3, 0.4) is 0 Å². The SMILES string of the molecule is [CH3][Ce+2][c]1ccc[nH]1.[Cl-].[Cl-]. The number of aromatic amines is 1. The average molecular weight is 292 g/mol. The first-order chi connectivity index (χ1) is 3.43. The smallest absolute Gasteiger partial charge is 1.00 e. The Labute approximate surface area is 88.0 Å². The zero-order valence-corrected chi connectivity index (χ0v) is 9.64. The van der Waals surface area contributed by atoms with Crippen LogP contribution in [0.15, 0.2) is 18.3 Å². The number of H-pyrrole nitrogens is 1. The van der Waals surface area contributed by atoms with Crippen molar-refractivity contribution in [3.8, 4) is 0 Å². The van der Waals surface area contributed by atoms with Crippen LogP contribution in [-0.4, -0.2) is 4.98 Å². The van der Waals surface area contributed by atoms with Gasteiger partial charge in [-0.25, -0.2) is 0 Å². The van der Waals surface area contributed by atoms with Crippen molar-refractivity contribution in [2.45, 2.75) is 2.44 Å². The van der Waals surface area contributed by atoms with E-state index in [0.29, 0.717) is 0 Å². The molecule has 0 unspecified atom stereocenters. The molecule has 1 heterocycles. The molecular weight excluding hydrogens is 285 g/mol. The number of aromatic nitrogens is 1. The second-order valence-electron chi connectivity index (χ2n) is 1.33. The van der Waals surface area contributed by atoms with Gasteiger partial charge in [0.05, 0.1) is 0 Å². The van der Waals surface area contributed by atoms with E-state index in [-0.39, 0.29) is 62.4 Å². The van der Waals surface area contributed by atoms with Crippen molar-refractivity contribution in [1.29, 1.82) is 0 Å². The Hall–Kier alpha value is 1.24. The Morgan fingerprint density at radius 3 is 2.33 bits per heavy atom. The van der Waals surface area contributed by atoms with Gasteiger partial charge >= 0.3 is 64.5 Å². The van der Waals surface area contributed by atoms with Gasteiger partial charge in [0.1, 0.15) is 0 Å². The van der Waals surface area contributed by atoms with Crippen LogP contribution in [0.5, 0.6) is 0 Å². The largest absolute Gasteiger partial charge is 1.00 e. The summed E-state index contributed by atoms with van der Waals surface area (Å²) in [7, 11) is 0. The van der Waals surface area contributed by atoms with E-state index in [1.54, 1.807) is 0 Å². The molecule has 9 heavy (non-hydrogen) atoms. The fraction of sp³-hybridized carbons (Fsp3) is 0.200. The molecule has 1 aromatic heterocycles. The predicted octanol–water partition coefficient (Wildman–Crippen LogP) is -5.22. The minimum absolute atomic E-state index is 0. The number of nitrogens with one attached hydrogen (secondary N) is 1. The summed E-state index contributed by atoms with van der Waals surface area (Å²) in [6.07, 6.45) is 1.99. The van der Waals surface area contributed by atoms with Crippen molar-refractivity contribution in [1.82, 2.24) is 4.98 Å². The molecule has 0 bridgehead atoms. The molecule has 1 aromatic rings. The maximum absolute atomic E-state index is 3.17. The first-order valence-electron chi connectivity index (χ1n) is 2.24. The normalized spacial score (nSPS) is 6.33. The summed E-state index contributed by atoms with van der Waals surface area (Å²) in [5.74, 6) is 0. The standard InChI is InChI=1S/C4H4N.CH3.Ce.2ClH/c1-2-4-5-3-1;;;;/h1-3,5H;1H3;;2*1H/q;;+2;;/p-2. The van der Waals surface area contributed by atoms with Crippen molar-refractivity contribution < 1.29 is 62.4 Å². The maximum Gasteiger partial charge on any atom is -1.00 e. The first-order valence-corrected chi connectivity index (χ1v) is 6.95. The van der Waals surface area contributed by atoms with Crippen molar-refractivity contribution in [3.63, 3.8) is 0 Å². The van der Waals surface area contributed by atoms with Gasteiger partial charge < -0.3 is 24.8 Å². The van der Waals surface area contributed by atoms with E-state index in [9.17, 15) is 0 Å². The average Bonchev–Trinajstić information content (AvgIpc) is 2.14. The molecule has 0 atom stereocenters. The first kappa shape index (κ1) is 12.9. The van der Waals surface area contributed by atoms with Crippen LogP contribution in [0.25, 0.3) is 0 Å². The summed E-state index contributed by atoms with van der Waals surface area (Å²) in [5.41, 5.74) is 0. The van der Waals surface area contributed by atoms with Crippen LogP contribution in [0.4, 0.5) is 0 Å². The minimum atomic E-state index is -0.333. The van der Waals surface area contributed by atoms with Crippen LogP contribution >= 0.6 is 0 Å². The van der Waals surface area contributed by atoms with Crippen LogP contribution < -0.4 is 26.0 Å². The molecule has 0 amide bonds. The van der Waals surface area contributed by atoms with Gasteiger partial charge in [-0.15, -0.1) is 0 Å². The number of rotatable bonds is 1. The van der Waals surface area contributed by atoms with E-state index in [4.69, 9.17) is 0 Å². The topological polar surface area (TPSA) is 15.8 Å². The third-order valence-electron chi connectivity index (χ3n) is 0.867. The van der Waals surface area contributed by atoms with E-state index >= 15 is 0 Å². The molecule has 0 saturated carbocycles. The van der Waals surface area contributed by atoms with E-state index < -0.39 is 0 Å². The summed E-state index contributed by atoms with van der Waals surface area (Å²) in [6, 6.07) is 4.23. The van der Waals surface area contributed by atoms with Gasteiger partial charge in [0.2, 0.25) is 0 Å². The molecule has 0 spiro atoms. The quantitative estimate of drug-likeness (QED) is 0.533. The molecule has 0 aromatic carbocycles. The summed E-state index contributed by atoms with van der Waals surface area (Å²) >= 11 is -0.333. The summed E-state index contributed by atoms with van der Waals surface area (Å²) in [5, 5.41) is 0. The van der Waals surface area contributed by atoms with Gasteiger partial charge in [-0.2, -0.15) is 0 Å². The molecule has 1 rings (SSSR count). The Kier molecular flexibility index (Phi) is 10.5. The van der Waals surface area contributed by atoms with E-state index in [1.165, 1.54) is 1.21 Å². The summed E-state index contributed by atoms with van der Waals surface area (Å²) in [4.78, 5) is 3.17. The fourth-order valence-electron chi connectivity index (χ4n) is 0.486. The Balaban J connectivity index is 0. The number of hydrogen-bond acceptors (Lipinski definition) is 0. The van der Waals surface area contributed by atoms with E-state index in [0.717, 1.165) is 0 Å². The van der Waals surface area contributed by atoms with Gasteiger partial charge in [-0.05, 0) is 0 Å². The maximum atomic E-state index is 3.17. The van der Waals surface area contributed by atoms with Gasteiger partial charge in [0.25, 0.3) is 0 Å². The van der Waals surface area contributed by atoms with Gasteiger partial charge in [0, 0.05) is 0 Å². The molecule has 50 valence electrons. The predicted molar refractivity (Wildman–Crippen MR) is 26.3 cm³/mol. The van der Waals surface area contributed by atoms with Crippen molar-refractivity contribution in [2.24, 2.45) is 0 Å². The minimum Gasteiger partial charge on any atom is -1.00 e. The van der Waals surface area contributed by atoms with Gasteiger partial charge in [0.15, 0.2) is 0 Å². The molecule has 1 N–H and O–H groups in total. The number of hydrogen-bond donors (Lipinski definition) is 1. The molecular formula is C5H7CeCl2N. The van der Waals surface area contributed by atoms with E-state index in [1.807, 2.05) is 6.20 Å². The van der Waals surface area contributed by atoms with E-state index in [2.05, 4.69) is 19.6 Å². The monoisotopic (exact) mass is 291 g/mol. The zero-order chi connectivity index (χ0) is 5.11.